The number of carboxylic acid groups (broad SMARTS) is 1. The Hall–Kier alpha value is -2.05. The number of nitrogens with two attached hydrogens (primary N) is 1. The molecule has 21 heavy (non-hydrogen) atoms. The average molecular weight is 289 g/mol. The van der Waals surface area contributed by atoms with E-state index in [-0.39, 0.29) is 12.4 Å². The van der Waals surface area contributed by atoms with Crippen LogP contribution in [0, 0.1) is 5.82 Å². The number of aliphatic carboxylic acids is 1. The Labute approximate surface area is 121 Å². The molecule has 2 aromatic rings. The van der Waals surface area contributed by atoms with Crippen molar-refractivity contribution in [2.75, 3.05) is 13.1 Å². The molecule has 1 aromatic carbocycles. The zero-order valence-corrected chi connectivity index (χ0v) is 11.4. The van der Waals surface area contributed by atoms with Crippen molar-refractivity contribution in [3.8, 4) is 0 Å². The number of benzene rings is 1. The molecule has 1 fully saturated rings. The van der Waals surface area contributed by atoms with E-state index in [0.29, 0.717) is 30.4 Å². The predicted octanol–water partition coefficient (Wildman–Crippen LogP) is 1.36. The number of rotatable bonds is 3. The number of hydrogen-bond acceptors (Lipinski definition) is 4. The number of halogens is 1. The summed E-state index contributed by atoms with van der Waals surface area (Å²) in [7, 11) is 0. The molecule has 3 N–H and O–H groups in total. The Morgan fingerprint density at radius 2 is 2.29 bits per heavy atom. The largest absolute Gasteiger partial charge is 0.480 e. The number of pyridine rings is 1. The molecule has 5 nitrogen and oxygen atoms in total. The molecule has 1 aromatic heterocycles. The third-order valence-electron chi connectivity index (χ3n) is 4.00. The summed E-state index contributed by atoms with van der Waals surface area (Å²) in [6.07, 6.45) is 2.04. The van der Waals surface area contributed by atoms with Crippen LogP contribution in [0.15, 0.2) is 30.5 Å². The molecule has 2 heterocycles. The van der Waals surface area contributed by atoms with Crippen molar-refractivity contribution in [3.63, 3.8) is 0 Å². The number of likely N-dealkylation sites (tertiary alicyclic amines) is 1. The van der Waals surface area contributed by atoms with Gasteiger partial charge in [-0.05, 0) is 30.2 Å². The van der Waals surface area contributed by atoms with Crippen LogP contribution in [0.5, 0.6) is 0 Å². The van der Waals surface area contributed by atoms with Gasteiger partial charge < -0.3 is 10.8 Å². The van der Waals surface area contributed by atoms with Crippen molar-refractivity contribution < 1.29 is 14.3 Å². The van der Waals surface area contributed by atoms with Crippen molar-refractivity contribution >= 4 is 16.9 Å². The fraction of sp³-hybridized carbons (Fsp3) is 0.333. The van der Waals surface area contributed by atoms with Gasteiger partial charge in [0.15, 0.2) is 0 Å². The molecular formula is C15H16FN3O2. The number of nitrogens with zero attached hydrogens (tertiary/aromatic N) is 2. The highest BCUT2D eigenvalue weighted by molar-refractivity contribution is 5.82. The second-order valence-corrected chi connectivity index (χ2v) is 5.53. The molecule has 1 aliphatic heterocycles. The highest BCUT2D eigenvalue weighted by atomic mass is 19.1. The molecule has 1 atom stereocenters. The molecule has 1 aliphatic rings. The van der Waals surface area contributed by atoms with Gasteiger partial charge in [-0.25, -0.2) is 4.39 Å². The molecule has 6 heteroatoms. The second kappa shape index (κ2) is 5.05. The molecule has 0 radical (unpaired) electrons. The van der Waals surface area contributed by atoms with Crippen LogP contribution in [-0.2, 0) is 11.3 Å². The summed E-state index contributed by atoms with van der Waals surface area (Å²) in [5.41, 5.74) is 6.16. The van der Waals surface area contributed by atoms with E-state index in [2.05, 4.69) is 4.98 Å². The first-order valence-corrected chi connectivity index (χ1v) is 6.76. The van der Waals surface area contributed by atoms with Gasteiger partial charge in [0.05, 0.1) is 5.52 Å². The van der Waals surface area contributed by atoms with Crippen molar-refractivity contribution in [3.05, 3.63) is 41.8 Å². The van der Waals surface area contributed by atoms with Crippen LogP contribution in [0.3, 0.4) is 0 Å². The molecule has 0 aliphatic carbocycles. The summed E-state index contributed by atoms with van der Waals surface area (Å²) in [4.78, 5) is 17.4. The number of fused-ring (bicyclic) bond motifs is 1. The summed E-state index contributed by atoms with van der Waals surface area (Å²) >= 11 is 0. The van der Waals surface area contributed by atoms with Gasteiger partial charge in [-0.3, -0.25) is 14.7 Å². The first-order valence-electron chi connectivity index (χ1n) is 6.76. The summed E-state index contributed by atoms with van der Waals surface area (Å²) < 4.78 is 13.8. The Bertz CT molecular complexity index is 706. The molecule has 0 saturated carbocycles. The summed E-state index contributed by atoms with van der Waals surface area (Å²) in [5, 5.41) is 9.63. The van der Waals surface area contributed by atoms with Crippen molar-refractivity contribution in [1.29, 1.82) is 0 Å². The first kappa shape index (κ1) is 13.9. The van der Waals surface area contributed by atoms with Crippen LogP contribution >= 0.6 is 0 Å². The van der Waals surface area contributed by atoms with Gasteiger partial charge in [0.1, 0.15) is 11.4 Å². The van der Waals surface area contributed by atoms with E-state index in [4.69, 9.17) is 10.8 Å². The Morgan fingerprint density at radius 1 is 1.48 bits per heavy atom. The quantitative estimate of drug-likeness (QED) is 0.892. The Balaban J connectivity index is 1.87. The van der Waals surface area contributed by atoms with Crippen LogP contribution in [0.1, 0.15) is 12.0 Å². The topological polar surface area (TPSA) is 79.5 Å². The van der Waals surface area contributed by atoms with E-state index in [1.807, 2.05) is 4.90 Å². The molecule has 0 spiro atoms. The molecule has 3 rings (SSSR count). The minimum absolute atomic E-state index is 0.286. The van der Waals surface area contributed by atoms with E-state index < -0.39 is 11.5 Å². The van der Waals surface area contributed by atoms with Crippen molar-refractivity contribution in [2.45, 2.75) is 18.5 Å². The monoisotopic (exact) mass is 289 g/mol. The fourth-order valence-electron chi connectivity index (χ4n) is 2.79. The minimum atomic E-state index is -1.19. The maximum Gasteiger partial charge on any atom is 0.325 e. The SMILES string of the molecule is NC1(C(=O)O)CCN(Cc2ccc(F)c3cccnc23)C1. The normalized spacial score (nSPS) is 22.8. The highest BCUT2D eigenvalue weighted by Crippen LogP contribution is 2.25. The van der Waals surface area contributed by atoms with Gasteiger partial charge in [-0.1, -0.05) is 6.07 Å². The van der Waals surface area contributed by atoms with Crippen LogP contribution in [0.2, 0.25) is 0 Å². The van der Waals surface area contributed by atoms with Crippen molar-refractivity contribution in [2.24, 2.45) is 5.73 Å². The summed E-state index contributed by atoms with van der Waals surface area (Å²) in [5.74, 6) is -1.28. The lowest BCUT2D eigenvalue weighted by Gasteiger charge is -2.20. The maximum absolute atomic E-state index is 13.8. The Kier molecular flexibility index (Phi) is 3.35. The highest BCUT2D eigenvalue weighted by Gasteiger charge is 2.41. The van der Waals surface area contributed by atoms with E-state index >= 15 is 0 Å². The number of hydrogen-bond donors (Lipinski definition) is 2. The molecular weight excluding hydrogens is 273 g/mol. The van der Waals surface area contributed by atoms with E-state index in [0.717, 1.165) is 5.56 Å². The molecule has 0 amide bonds. The predicted molar refractivity (Wildman–Crippen MR) is 76.1 cm³/mol. The summed E-state index contributed by atoms with van der Waals surface area (Å²) in [6, 6.07) is 6.50. The number of carboxylic acids is 1. The van der Waals surface area contributed by atoms with E-state index in [9.17, 15) is 9.18 Å². The van der Waals surface area contributed by atoms with Gasteiger partial charge in [0.25, 0.3) is 0 Å². The summed E-state index contributed by atoms with van der Waals surface area (Å²) in [6.45, 7) is 1.41. The Morgan fingerprint density at radius 3 is 3.00 bits per heavy atom. The molecule has 0 bridgehead atoms. The fourth-order valence-corrected chi connectivity index (χ4v) is 2.79. The van der Waals surface area contributed by atoms with Crippen molar-refractivity contribution in [1.82, 2.24) is 9.88 Å². The third-order valence-corrected chi connectivity index (χ3v) is 4.00. The maximum atomic E-state index is 13.8. The van der Waals surface area contributed by atoms with E-state index in [1.165, 1.54) is 6.07 Å². The van der Waals surface area contributed by atoms with Crippen LogP contribution in [0.4, 0.5) is 4.39 Å². The van der Waals surface area contributed by atoms with Gasteiger partial charge in [-0.15, -0.1) is 0 Å². The lowest BCUT2D eigenvalue weighted by atomic mass is 10.0. The smallest absolute Gasteiger partial charge is 0.325 e. The third kappa shape index (κ3) is 2.48. The zero-order valence-electron chi connectivity index (χ0n) is 11.4. The van der Waals surface area contributed by atoms with Crippen LogP contribution < -0.4 is 5.73 Å². The van der Waals surface area contributed by atoms with Crippen LogP contribution in [0.25, 0.3) is 10.9 Å². The molecule has 1 unspecified atom stereocenters. The second-order valence-electron chi connectivity index (χ2n) is 5.53. The zero-order chi connectivity index (χ0) is 15.0. The molecule has 110 valence electrons. The first-order chi connectivity index (χ1) is 9.99. The van der Waals surface area contributed by atoms with E-state index in [1.54, 1.807) is 24.4 Å². The van der Waals surface area contributed by atoms with Gasteiger partial charge in [-0.2, -0.15) is 0 Å². The van der Waals surface area contributed by atoms with Gasteiger partial charge >= 0.3 is 5.97 Å². The van der Waals surface area contributed by atoms with Crippen LogP contribution in [-0.4, -0.2) is 39.6 Å². The lowest BCUT2D eigenvalue weighted by Crippen LogP contribution is -2.50. The molecule has 1 saturated heterocycles. The van der Waals surface area contributed by atoms with Gasteiger partial charge in [0.2, 0.25) is 0 Å². The lowest BCUT2D eigenvalue weighted by molar-refractivity contribution is -0.142. The minimum Gasteiger partial charge on any atom is -0.480 e. The average Bonchev–Trinajstić information content (AvgIpc) is 2.85. The standard InChI is InChI=1S/C15H16FN3O2/c16-12-4-3-10(13-11(12)2-1-6-18-13)8-19-7-5-15(17,9-19)14(20)21/h1-4,6H,5,7-9,17H2,(H,20,21). The van der Waals surface area contributed by atoms with Gasteiger partial charge in [0, 0.05) is 31.2 Å². The number of carbonyl (C=O) groups is 1. The number of aromatic nitrogens is 1.